The molecule has 1 aromatic rings. The van der Waals surface area contributed by atoms with E-state index in [1.165, 1.54) is 0 Å². The van der Waals surface area contributed by atoms with E-state index in [4.69, 9.17) is 5.11 Å². The third kappa shape index (κ3) is 4.08. The molecule has 0 saturated carbocycles. The minimum Gasteiger partial charge on any atom is -0.392 e. The fourth-order valence-corrected chi connectivity index (χ4v) is 2.48. The van der Waals surface area contributed by atoms with Gasteiger partial charge in [0.25, 0.3) is 0 Å². The highest BCUT2D eigenvalue weighted by molar-refractivity contribution is 7.94. The van der Waals surface area contributed by atoms with Gasteiger partial charge in [-0.15, -0.1) is 0 Å². The van der Waals surface area contributed by atoms with E-state index in [0.717, 1.165) is 11.1 Å². The van der Waals surface area contributed by atoms with Gasteiger partial charge in [0.15, 0.2) is 0 Å². The molecule has 0 heterocycles. The quantitative estimate of drug-likeness (QED) is 0.821. The number of aryl methyl sites for hydroxylation is 1. The third-order valence-corrected chi connectivity index (χ3v) is 5.10. The molecular weight excluding hydrogens is 274 g/mol. The van der Waals surface area contributed by atoms with Crippen LogP contribution in [0.25, 0.3) is 0 Å². The van der Waals surface area contributed by atoms with Crippen molar-refractivity contribution >= 4 is 15.7 Å². The zero-order valence-electron chi connectivity index (χ0n) is 12.5. The number of rotatable bonds is 5. The molecular formula is C15H23NO3S. The molecule has 1 aromatic carbocycles. The summed E-state index contributed by atoms with van der Waals surface area (Å²) in [5, 5.41) is 8.76. The van der Waals surface area contributed by atoms with Gasteiger partial charge < -0.3 is 5.11 Å². The van der Waals surface area contributed by atoms with Crippen molar-refractivity contribution < 1.29 is 13.5 Å². The lowest BCUT2D eigenvalue weighted by Gasteiger charge is -2.22. The van der Waals surface area contributed by atoms with Crippen LogP contribution in [0.5, 0.6) is 0 Å². The SMILES string of the molecule is Cc1cccc(C/C=C/CO)c1NS(=O)(=O)C(C)(C)C. The number of hydrogen-bond acceptors (Lipinski definition) is 3. The Morgan fingerprint density at radius 1 is 1.25 bits per heavy atom. The van der Waals surface area contributed by atoms with Crippen LogP contribution in [0.2, 0.25) is 0 Å². The molecule has 2 N–H and O–H groups in total. The van der Waals surface area contributed by atoms with Crippen LogP contribution in [0, 0.1) is 6.92 Å². The maximum absolute atomic E-state index is 12.3. The van der Waals surface area contributed by atoms with E-state index in [1.807, 2.05) is 31.2 Å². The molecule has 0 spiro atoms. The van der Waals surface area contributed by atoms with E-state index in [-0.39, 0.29) is 6.61 Å². The minimum atomic E-state index is -3.45. The first kappa shape index (κ1) is 16.7. The highest BCUT2D eigenvalue weighted by Gasteiger charge is 2.29. The van der Waals surface area contributed by atoms with Crippen LogP contribution in [0.3, 0.4) is 0 Å². The summed E-state index contributed by atoms with van der Waals surface area (Å²) in [6.07, 6.45) is 4.04. The van der Waals surface area contributed by atoms with Crippen molar-refractivity contribution in [1.29, 1.82) is 0 Å². The number of aliphatic hydroxyl groups excluding tert-OH is 1. The van der Waals surface area contributed by atoms with Crippen molar-refractivity contribution in [3.8, 4) is 0 Å². The van der Waals surface area contributed by atoms with Crippen molar-refractivity contribution in [1.82, 2.24) is 0 Å². The maximum atomic E-state index is 12.3. The summed E-state index contributed by atoms with van der Waals surface area (Å²) >= 11 is 0. The topological polar surface area (TPSA) is 66.4 Å². The lowest BCUT2D eigenvalue weighted by Crippen LogP contribution is -2.34. The fraction of sp³-hybridized carbons (Fsp3) is 0.467. The smallest absolute Gasteiger partial charge is 0.237 e. The molecule has 0 aliphatic heterocycles. The van der Waals surface area contributed by atoms with Gasteiger partial charge in [-0.1, -0.05) is 30.4 Å². The Bertz CT molecular complexity index is 584. The number of para-hydroxylation sites is 1. The van der Waals surface area contributed by atoms with Gasteiger partial charge in [-0.25, -0.2) is 8.42 Å². The van der Waals surface area contributed by atoms with Crippen molar-refractivity contribution in [2.24, 2.45) is 0 Å². The Balaban J connectivity index is 3.14. The molecule has 0 saturated heterocycles. The largest absolute Gasteiger partial charge is 0.392 e. The van der Waals surface area contributed by atoms with Crippen LogP contribution in [-0.4, -0.2) is 24.9 Å². The van der Waals surface area contributed by atoms with Gasteiger partial charge in [0.05, 0.1) is 17.0 Å². The number of nitrogens with one attached hydrogen (secondary N) is 1. The van der Waals surface area contributed by atoms with Gasteiger partial charge in [-0.3, -0.25) is 4.72 Å². The highest BCUT2D eigenvalue weighted by atomic mass is 32.2. The normalized spacial score (nSPS) is 12.8. The van der Waals surface area contributed by atoms with Crippen LogP contribution < -0.4 is 4.72 Å². The first-order valence-corrected chi connectivity index (χ1v) is 8.04. The lowest BCUT2D eigenvalue weighted by molar-refractivity contribution is 0.342. The van der Waals surface area contributed by atoms with E-state index in [1.54, 1.807) is 26.8 Å². The molecule has 20 heavy (non-hydrogen) atoms. The molecule has 0 aromatic heterocycles. The van der Waals surface area contributed by atoms with Crippen LogP contribution >= 0.6 is 0 Å². The lowest BCUT2D eigenvalue weighted by atomic mass is 10.1. The molecule has 0 radical (unpaired) electrons. The summed E-state index contributed by atoms with van der Waals surface area (Å²) in [6, 6.07) is 5.65. The predicted molar refractivity (Wildman–Crippen MR) is 83.4 cm³/mol. The molecule has 0 bridgehead atoms. The van der Waals surface area contributed by atoms with Gasteiger partial charge >= 0.3 is 0 Å². The number of aliphatic hydroxyl groups is 1. The molecule has 0 aliphatic carbocycles. The van der Waals surface area contributed by atoms with E-state index in [0.29, 0.717) is 12.1 Å². The molecule has 0 aliphatic rings. The Morgan fingerprint density at radius 3 is 2.45 bits per heavy atom. The van der Waals surface area contributed by atoms with Crippen molar-refractivity contribution in [3.63, 3.8) is 0 Å². The second-order valence-electron chi connectivity index (χ2n) is 5.69. The van der Waals surface area contributed by atoms with Crippen LogP contribution in [0.4, 0.5) is 5.69 Å². The van der Waals surface area contributed by atoms with E-state index in [2.05, 4.69) is 4.72 Å². The van der Waals surface area contributed by atoms with Crippen LogP contribution in [-0.2, 0) is 16.4 Å². The number of allylic oxidation sites excluding steroid dienone is 1. The Labute approximate surface area is 121 Å². The van der Waals surface area contributed by atoms with Gasteiger partial charge in [-0.2, -0.15) is 0 Å². The molecule has 0 amide bonds. The van der Waals surface area contributed by atoms with Crippen molar-refractivity contribution in [2.75, 3.05) is 11.3 Å². The molecule has 1 rings (SSSR count). The molecule has 112 valence electrons. The second-order valence-corrected chi connectivity index (χ2v) is 8.12. The molecule has 4 nitrogen and oxygen atoms in total. The average molecular weight is 297 g/mol. The summed E-state index contributed by atoms with van der Waals surface area (Å²) < 4.78 is 26.4. The maximum Gasteiger partial charge on any atom is 0.237 e. The van der Waals surface area contributed by atoms with Gasteiger partial charge in [-0.05, 0) is 45.2 Å². The first-order valence-electron chi connectivity index (χ1n) is 6.56. The Morgan fingerprint density at radius 2 is 1.90 bits per heavy atom. The number of benzene rings is 1. The minimum absolute atomic E-state index is 0.0190. The van der Waals surface area contributed by atoms with Crippen LogP contribution in [0.1, 0.15) is 31.9 Å². The van der Waals surface area contributed by atoms with Gasteiger partial charge in [0, 0.05) is 0 Å². The van der Waals surface area contributed by atoms with Gasteiger partial charge in [0.2, 0.25) is 10.0 Å². The molecule has 0 fully saturated rings. The Hall–Kier alpha value is -1.33. The van der Waals surface area contributed by atoms with Gasteiger partial charge in [0.1, 0.15) is 0 Å². The second kappa shape index (κ2) is 6.41. The summed E-state index contributed by atoms with van der Waals surface area (Å²) in [5.74, 6) is 0. The zero-order valence-corrected chi connectivity index (χ0v) is 13.3. The highest BCUT2D eigenvalue weighted by Crippen LogP contribution is 2.26. The zero-order chi connectivity index (χ0) is 15.4. The summed E-state index contributed by atoms with van der Waals surface area (Å²) in [6.45, 7) is 6.85. The van der Waals surface area contributed by atoms with Crippen molar-refractivity contribution in [2.45, 2.75) is 38.9 Å². The number of hydrogen-bond donors (Lipinski definition) is 2. The molecule has 0 unspecified atom stereocenters. The first-order chi connectivity index (χ1) is 9.19. The van der Waals surface area contributed by atoms with E-state index < -0.39 is 14.8 Å². The fourth-order valence-electron chi connectivity index (χ4n) is 1.62. The van der Waals surface area contributed by atoms with Crippen molar-refractivity contribution in [3.05, 3.63) is 41.5 Å². The summed E-state index contributed by atoms with van der Waals surface area (Å²) in [5.41, 5.74) is 2.40. The standard InChI is InChI=1S/C15H23NO3S/c1-12-8-7-10-13(9-5-6-11-17)14(12)16-20(18,19)15(2,3)4/h5-8,10,16-17H,9,11H2,1-4H3/b6-5+. The van der Waals surface area contributed by atoms with Crippen LogP contribution in [0.15, 0.2) is 30.4 Å². The predicted octanol–water partition coefficient (Wildman–Crippen LogP) is 2.63. The number of sulfonamides is 1. The average Bonchev–Trinajstić information content (AvgIpc) is 2.32. The number of anilines is 1. The monoisotopic (exact) mass is 297 g/mol. The summed E-state index contributed by atoms with van der Waals surface area (Å²) in [7, 11) is -3.45. The van der Waals surface area contributed by atoms with E-state index in [9.17, 15) is 8.42 Å². The molecule has 5 heteroatoms. The Kier molecular flexibility index (Phi) is 5.36. The third-order valence-electron chi connectivity index (χ3n) is 3.01. The molecule has 0 atom stereocenters. The van der Waals surface area contributed by atoms with E-state index >= 15 is 0 Å². The summed E-state index contributed by atoms with van der Waals surface area (Å²) in [4.78, 5) is 0.